The van der Waals surface area contributed by atoms with Gasteiger partial charge in [-0.05, 0) is 36.4 Å². The van der Waals surface area contributed by atoms with Crippen LogP contribution in [0.25, 0.3) is 0 Å². The zero-order chi connectivity index (χ0) is 15.6. The molecular formula is C13H11ClN4O2S. The van der Waals surface area contributed by atoms with E-state index in [-0.39, 0.29) is 10.6 Å². The molecule has 0 aromatic heterocycles. The average Bonchev–Trinajstić information content (AvgIpc) is 2.39. The van der Waals surface area contributed by atoms with E-state index in [1.165, 1.54) is 18.2 Å². The molecule has 0 saturated carbocycles. The van der Waals surface area contributed by atoms with E-state index in [0.717, 1.165) is 0 Å². The fourth-order valence-electron chi connectivity index (χ4n) is 1.70. The van der Waals surface area contributed by atoms with Crippen LogP contribution in [0.1, 0.15) is 5.56 Å². The molecule has 0 aliphatic rings. The van der Waals surface area contributed by atoms with E-state index >= 15 is 0 Å². The summed E-state index contributed by atoms with van der Waals surface area (Å²) < 4.78 is 22.7. The van der Waals surface area contributed by atoms with Crippen molar-refractivity contribution in [2.45, 2.75) is 4.90 Å². The second kappa shape index (κ2) is 5.61. The van der Waals surface area contributed by atoms with Gasteiger partial charge in [-0.15, -0.1) is 0 Å². The van der Waals surface area contributed by atoms with Crippen molar-refractivity contribution in [3.05, 3.63) is 47.0 Å². The molecule has 0 spiro atoms. The molecule has 21 heavy (non-hydrogen) atoms. The Morgan fingerprint density at radius 3 is 2.48 bits per heavy atom. The van der Waals surface area contributed by atoms with Crippen molar-refractivity contribution < 1.29 is 8.42 Å². The van der Waals surface area contributed by atoms with E-state index < -0.39 is 10.0 Å². The molecular weight excluding hydrogens is 312 g/mol. The predicted octanol–water partition coefficient (Wildman–Crippen LogP) is 2.18. The summed E-state index contributed by atoms with van der Waals surface area (Å²) in [5, 5.41) is 17.1. The molecule has 108 valence electrons. The minimum absolute atomic E-state index is 0.102. The van der Waals surface area contributed by atoms with Gasteiger partial charge in [0.1, 0.15) is 0 Å². The van der Waals surface area contributed by atoms with Gasteiger partial charge < -0.3 is 11.1 Å². The maximum atomic E-state index is 11.4. The number of primary sulfonamides is 1. The van der Waals surface area contributed by atoms with Gasteiger partial charge in [-0.2, -0.15) is 5.26 Å². The molecule has 2 aromatic carbocycles. The van der Waals surface area contributed by atoms with Gasteiger partial charge in [0.05, 0.1) is 27.2 Å². The largest absolute Gasteiger partial charge is 0.399 e. The first-order valence-electron chi connectivity index (χ1n) is 5.69. The summed E-state index contributed by atoms with van der Waals surface area (Å²) in [6.07, 6.45) is 0. The van der Waals surface area contributed by atoms with Gasteiger partial charge >= 0.3 is 0 Å². The lowest BCUT2D eigenvalue weighted by Crippen LogP contribution is -2.12. The Labute approximate surface area is 127 Å². The van der Waals surface area contributed by atoms with Crippen molar-refractivity contribution in [1.29, 1.82) is 5.26 Å². The second-order valence-corrected chi connectivity index (χ2v) is 6.24. The van der Waals surface area contributed by atoms with Gasteiger partial charge in [0.2, 0.25) is 10.0 Å². The lowest BCUT2D eigenvalue weighted by atomic mass is 10.2. The van der Waals surface area contributed by atoms with Crippen LogP contribution in [-0.2, 0) is 10.0 Å². The van der Waals surface area contributed by atoms with Gasteiger partial charge in [0, 0.05) is 11.4 Å². The summed E-state index contributed by atoms with van der Waals surface area (Å²) in [6.45, 7) is 0. The van der Waals surface area contributed by atoms with Crippen LogP contribution in [0.2, 0.25) is 5.02 Å². The van der Waals surface area contributed by atoms with Crippen molar-refractivity contribution in [3.8, 4) is 6.07 Å². The molecule has 0 bridgehead atoms. The summed E-state index contributed by atoms with van der Waals surface area (Å²) in [5.74, 6) is 0. The number of benzene rings is 2. The standard InChI is InChI=1S/C13H11ClN4O2S/c14-12-3-8(7-15)1-2-13(12)18-10-4-9(16)5-11(6-10)21(17,19)20/h1-6,18H,16H2,(H2,17,19,20). The number of nitrogens with zero attached hydrogens (tertiary/aromatic N) is 1. The number of nitrogens with one attached hydrogen (secondary N) is 1. The maximum Gasteiger partial charge on any atom is 0.238 e. The summed E-state index contributed by atoms with van der Waals surface area (Å²) >= 11 is 6.04. The fraction of sp³-hybridized carbons (Fsp3) is 0. The molecule has 0 aliphatic carbocycles. The smallest absolute Gasteiger partial charge is 0.238 e. The van der Waals surface area contributed by atoms with Crippen LogP contribution < -0.4 is 16.2 Å². The van der Waals surface area contributed by atoms with Crippen LogP contribution in [-0.4, -0.2) is 8.42 Å². The number of hydrogen-bond acceptors (Lipinski definition) is 5. The van der Waals surface area contributed by atoms with Crippen molar-refractivity contribution in [1.82, 2.24) is 0 Å². The summed E-state index contributed by atoms with van der Waals surface area (Å²) in [6, 6.07) is 10.8. The van der Waals surface area contributed by atoms with Crippen molar-refractivity contribution in [2.75, 3.05) is 11.1 Å². The third kappa shape index (κ3) is 3.64. The Hall–Kier alpha value is -2.27. The molecule has 6 nitrogen and oxygen atoms in total. The molecule has 2 aromatic rings. The van der Waals surface area contributed by atoms with Crippen LogP contribution in [0.5, 0.6) is 0 Å². The normalized spacial score (nSPS) is 10.9. The first-order chi connectivity index (χ1) is 9.79. The van der Waals surface area contributed by atoms with Crippen LogP contribution in [0, 0.1) is 11.3 Å². The number of rotatable bonds is 3. The lowest BCUT2D eigenvalue weighted by molar-refractivity contribution is 0.598. The van der Waals surface area contributed by atoms with Crippen LogP contribution in [0.4, 0.5) is 17.1 Å². The fourth-order valence-corrected chi connectivity index (χ4v) is 2.52. The van der Waals surface area contributed by atoms with E-state index in [1.54, 1.807) is 18.2 Å². The maximum absolute atomic E-state index is 11.4. The van der Waals surface area contributed by atoms with E-state index in [0.29, 0.717) is 22.0 Å². The Morgan fingerprint density at radius 1 is 1.19 bits per heavy atom. The molecule has 0 saturated heterocycles. The molecule has 0 amide bonds. The number of nitrogens with two attached hydrogens (primary N) is 2. The minimum atomic E-state index is -3.86. The van der Waals surface area contributed by atoms with Crippen molar-refractivity contribution in [3.63, 3.8) is 0 Å². The van der Waals surface area contributed by atoms with Gasteiger partial charge in [0.15, 0.2) is 0 Å². The molecule has 0 atom stereocenters. The quantitative estimate of drug-likeness (QED) is 0.747. The minimum Gasteiger partial charge on any atom is -0.399 e. The summed E-state index contributed by atoms with van der Waals surface area (Å²) in [5.41, 5.74) is 7.26. The number of hydrogen-bond donors (Lipinski definition) is 3. The predicted molar refractivity (Wildman–Crippen MR) is 81.7 cm³/mol. The van der Waals surface area contributed by atoms with Crippen molar-refractivity contribution >= 4 is 38.7 Å². The third-order valence-electron chi connectivity index (χ3n) is 2.63. The number of sulfonamides is 1. The lowest BCUT2D eigenvalue weighted by Gasteiger charge is -2.11. The first kappa shape index (κ1) is 15.1. The molecule has 0 radical (unpaired) electrons. The topological polar surface area (TPSA) is 122 Å². The number of nitriles is 1. The second-order valence-electron chi connectivity index (χ2n) is 4.27. The Bertz CT molecular complexity index is 844. The Kier molecular flexibility index (Phi) is 4.04. The van der Waals surface area contributed by atoms with Crippen LogP contribution in [0.15, 0.2) is 41.3 Å². The zero-order valence-electron chi connectivity index (χ0n) is 10.7. The highest BCUT2D eigenvalue weighted by Crippen LogP contribution is 2.28. The zero-order valence-corrected chi connectivity index (χ0v) is 12.2. The molecule has 0 heterocycles. The molecule has 0 aliphatic heterocycles. The van der Waals surface area contributed by atoms with E-state index in [1.807, 2.05) is 6.07 Å². The third-order valence-corrected chi connectivity index (χ3v) is 3.84. The highest BCUT2D eigenvalue weighted by Gasteiger charge is 2.11. The Morgan fingerprint density at radius 2 is 1.90 bits per heavy atom. The molecule has 2 rings (SSSR count). The summed E-state index contributed by atoms with van der Waals surface area (Å²) in [4.78, 5) is -0.102. The van der Waals surface area contributed by atoms with E-state index in [4.69, 9.17) is 27.7 Å². The highest BCUT2D eigenvalue weighted by atomic mass is 35.5. The number of anilines is 3. The number of nitrogen functional groups attached to an aromatic ring is 1. The van der Waals surface area contributed by atoms with Crippen LogP contribution in [0.3, 0.4) is 0 Å². The summed E-state index contributed by atoms with van der Waals surface area (Å²) in [7, 11) is -3.86. The highest BCUT2D eigenvalue weighted by molar-refractivity contribution is 7.89. The van der Waals surface area contributed by atoms with Gasteiger partial charge in [-0.3, -0.25) is 0 Å². The molecule has 0 fully saturated rings. The molecule has 8 heteroatoms. The van der Waals surface area contributed by atoms with Gasteiger partial charge in [-0.1, -0.05) is 11.6 Å². The van der Waals surface area contributed by atoms with E-state index in [9.17, 15) is 8.42 Å². The van der Waals surface area contributed by atoms with Crippen molar-refractivity contribution in [2.24, 2.45) is 5.14 Å². The van der Waals surface area contributed by atoms with E-state index in [2.05, 4.69) is 5.32 Å². The van der Waals surface area contributed by atoms with Crippen LogP contribution >= 0.6 is 11.6 Å². The SMILES string of the molecule is N#Cc1ccc(Nc2cc(N)cc(S(N)(=O)=O)c2)c(Cl)c1. The average molecular weight is 323 g/mol. The monoisotopic (exact) mass is 322 g/mol. The molecule has 0 unspecified atom stereocenters. The molecule has 5 N–H and O–H groups in total. The first-order valence-corrected chi connectivity index (χ1v) is 7.62. The Balaban J connectivity index is 2.41. The van der Waals surface area contributed by atoms with Gasteiger partial charge in [-0.25, -0.2) is 13.6 Å². The number of halogens is 1. The van der Waals surface area contributed by atoms with Gasteiger partial charge in [0.25, 0.3) is 0 Å².